The van der Waals surface area contributed by atoms with Gasteiger partial charge in [0, 0.05) is 58.5 Å². The molecular weight excluding hydrogens is 875 g/mol. The van der Waals surface area contributed by atoms with Crippen LogP contribution in [-0.2, 0) is 52.4 Å². The number of nitrogens with zero attached hydrogens (tertiary/aromatic N) is 1. The number of hydrogen-bond donors (Lipinski definition) is 3. The van der Waals surface area contributed by atoms with Gasteiger partial charge in [0.1, 0.15) is 30.1 Å². The molecule has 0 radical (unpaired) electrons. The Morgan fingerprint density at radius 1 is 0.853 bits per heavy atom. The van der Waals surface area contributed by atoms with Crippen molar-refractivity contribution in [3.8, 4) is 0 Å². The molecule has 68 heavy (non-hydrogen) atoms. The number of rotatable bonds is 9. The number of fused-ring (bicyclic) bond motifs is 3. The zero-order valence-electron chi connectivity index (χ0n) is 42.4. The van der Waals surface area contributed by atoms with Crippen molar-refractivity contribution < 1.29 is 67.7 Å². The van der Waals surface area contributed by atoms with Crippen LogP contribution in [0.5, 0.6) is 0 Å². The maximum atomic E-state index is 14.5. The highest BCUT2D eigenvalue weighted by Gasteiger charge is 2.53. The lowest BCUT2D eigenvalue weighted by Crippen LogP contribution is -2.61. The van der Waals surface area contributed by atoms with Gasteiger partial charge in [0.25, 0.3) is 11.7 Å². The van der Waals surface area contributed by atoms with Gasteiger partial charge in [-0.2, -0.15) is 0 Å². The molecule has 4 rings (SSSR count). The standard InChI is InChI=1S/C53H83NO14/c1-32-16-12-11-13-17-33(2)44(63-8)30-40-21-19-38(7)53(62,68-40)50(59)51(60)54-23-15-14-18-41(54)52(61)67-45(35(4)28-39-20-22-43(66-25-24-55)46(29-39)64-9)31-42(56)34(3)27-37(6)48(58)49(65-10)47(57)36(5)26-32/h11-13,16-17,27,32,34-36,38-41,43-46,48-49,55,58,62H,14-15,18-26,28-31H2,1-10H3/b13-11+,16-12+,33-17-,37-27-/t32-,34-,35-,36-,38-,39+,40+,41+,43-,44+,45+,46-,48-,49+,53-/m1/s1. The van der Waals surface area contributed by atoms with E-state index in [1.807, 2.05) is 58.1 Å². The molecule has 15 heteroatoms. The summed E-state index contributed by atoms with van der Waals surface area (Å²) in [4.78, 5) is 72.1. The highest BCUT2D eigenvalue weighted by Crippen LogP contribution is 2.38. The summed E-state index contributed by atoms with van der Waals surface area (Å²) in [5, 5.41) is 32.8. The van der Waals surface area contributed by atoms with Crippen molar-refractivity contribution in [3.05, 3.63) is 47.6 Å². The van der Waals surface area contributed by atoms with Crippen LogP contribution < -0.4 is 0 Å². The van der Waals surface area contributed by atoms with Crippen LogP contribution in [0.4, 0.5) is 0 Å². The van der Waals surface area contributed by atoms with Crippen molar-refractivity contribution >= 4 is 29.2 Å². The van der Waals surface area contributed by atoms with E-state index in [2.05, 4.69) is 0 Å². The van der Waals surface area contributed by atoms with Gasteiger partial charge in [0.15, 0.2) is 5.78 Å². The highest BCUT2D eigenvalue weighted by atomic mass is 16.6. The molecule has 1 aliphatic carbocycles. The number of esters is 1. The Balaban J connectivity index is 1.70. The first-order chi connectivity index (χ1) is 32.3. The Labute approximate surface area is 405 Å². The molecule has 0 aromatic heterocycles. The number of aliphatic hydroxyl groups excluding tert-OH is 2. The lowest BCUT2D eigenvalue weighted by atomic mass is 9.78. The van der Waals surface area contributed by atoms with Gasteiger partial charge < -0.3 is 48.6 Å². The van der Waals surface area contributed by atoms with Crippen LogP contribution in [0.2, 0.25) is 0 Å². The molecule has 0 unspecified atom stereocenters. The van der Waals surface area contributed by atoms with Crippen molar-refractivity contribution in [2.45, 2.75) is 180 Å². The van der Waals surface area contributed by atoms with E-state index in [0.717, 1.165) is 12.0 Å². The molecule has 384 valence electrons. The second-order valence-electron chi connectivity index (χ2n) is 20.2. The molecule has 3 aliphatic heterocycles. The van der Waals surface area contributed by atoms with Crippen molar-refractivity contribution in [3.63, 3.8) is 0 Å². The maximum Gasteiger partial charge on any atom is 0.329 e. The Bertz CT molecular complexity index is 1810. The zero-order valence-corrected chi connectivity index (χ0v) is 42.4. The Morgan fingerprint density at radius 3 is 2.26 bits per heavy atom. The number of aliphatic hydroxyl groups is 3. The minimum absolute atomic E-state index is 0.0158. The number of Topliss-reactive ketones (excluding diaryl/α,β-unsaturated/α-hetero) is 3. The summed E-state index contributed by atoms with van der Waals surface area (Å²) in [6, 6.07) is -1.14. The lowest BCUT2D eigenvalue weighted by Gasteiger charge is -2.42. The molecule has 4 aliphatic rings. The van der Waals surface area contributed by atoms with Gasteiger partial charge in [-0.25, -0.2) is 4.79 Å². The number of allylic oxidation sites excluding steroid dienone is 6. The molecule has 0 spiro atoms. The minimum Gasteiger partial charge on any atom is -0.460 e. The normalized spacial score (nSPS) is 39.2. The van der Waals surface area contributed by atoms with Gasteiger partial charge in [0.05, 0.1) is 37.6 Å². The van der Waals surface area contributed by atoms with E-state index in [0.29, 0.717) is 63.4 Å². The van der Waals surface area contributed by atoms with E-state index >= 15 is 0 Å². The first-order valence-electron chi connectivity index (χ1n) is 25.0. The Morgan fingerprint density at radius 2 is 1.59 bits per heavy atom. The van der Waals surface area contributed by atoms with Gasteiger partial charge in [-0.1, -0.05) is 71.1 Å². The van der Waals surface area contributed by atoms with E-state index in [1.54, 1.807) is 41.1 Å². The minimum atomic E-state index is -2.43. The molecule has 0 aromatic carbocycles. The molecule has 3 fully saturated rings. The quantitative estimate of drug-likeness (QED) is 0.134. The highest BCUT2D eigenvalue weighted by molar-refractivity contribution is 6.39. The van der Waals surface area contributed by atoms with Crippen LogP contribution in [0.25, 0.3) is 0 Å². The lowest BCUT2D eigenvalue weighted by molar-refractivity contribution is -0.265. The van der Waals surface area contributed by atoms with E-state index in [-0.39, 0.29) is 74.1 Å². The number of ketones is 3. The van der Waals surface area contributed by atoms with Crippen LogP contribution in [0.3, 0.4) is 0 Å². The second kappa shape index (κ2) is 27.3. The number of ether oxygens (including phenoxy) is 6. The Kier molecular flexibility index (Phi) is 22.9. The third-order valence-corrected chi connectivity index (χ3v) is 14.9. The summed E-state index contributed by atoms with van der Waals surface area (Å²) in [6.07, 6.45) is 12.0. The number of carbonyl (C=O) groups is 5. The molecule has 2 bridgehead atoms. The van der Waals surface area contributed by atoms with Gasteiger partial charge >= 0.3 is 5.97 Å². The van der Waals surface area contributed by atoms with Crippen LogP contribution >= 0.6 is 0 Å². The average Bonchev–Trinajstić information content (AvgIpc) is 3.32. The number of piperidine rings is 1. The molecule has 15 nitrogen and oxygen atoms in total. The van der Waals surface area contributed by atoms with Crippen molar-refractivity contribution in [2.24, 2.45) is 35.5 Å². The van der Waals surface area contributed by atoms with Gasteiger partial charge in [0.2, 0.25) is 5.79 Å². The maximum absolute atomic E-state index is 14.5. The molecule has 15 atom stereocenters. The topological polar surface area (TPSA) is 205 Å². The molecule has 2 saturated heterocycles. The first-order valence-corrected chi connectivity index (χ1v) is 25.0. The van der Waals surface area contributed by atoms with Crippen LogP contribution in [-0.4, -0.2) is 145 Å². The molecular formula is C53H83NO14. The third kappa shape index (κ3) is 15.3. The monoisotopic (exact) mass is 958 g/mol. The molecule has 1 saturated carbocycles. The summed E-state index contributed by atoms with van der Waals surface area (Å²) >= 11 is 0. The first kappa shape index (κ1) is 57.2. The van der Waals surface area contributed by atoms with Crippen LogP contribution in [0.15, 0.2) is 47.6 Å². The number of amides is 1. The van der Waals surface area contributed by atoms with Crippen molar-refractivity contribution in [2.75, 3.05) is 41.1 Å². The molecule has 1 amide bonds. The number of cyclic esters (lactones) is 1. The second-order valence-corrected chi connectivity index (χ2v) is 20.2. The molecule has 3 heterocycles. The number of hydrogen-bond acceptors (Lipinski definition) is 14. The number of carbonyl (C=O) groups excluding carboxylic acids is 5. The molecule has 0 aromatic rings. The predicted molar refractivity (Wildman–Crippen MR) is 256 cm³/mol. The summed E-state index contributed by atoms with van der Waals surface area (Å²) in [6.45, 7) is 12.9. The Hall–Kier alpha value is -3.41. The van der Waals surface area contributed by atoms with E-state index in [1.165, 1.54) is 12.0 Å². The summed E-state index contributed by atoms with van der Waals surface area (Å²) < 4.78 is 35.6. The van der Waals surface area contributed by atoms with Crippen molar-refractivity contribution in [1.29, 1.82) is 0 Å². The fourth-order valence-electron chi connectivity index (χ4n) is 10.5. The summed E-state index contributed by atoms with van der Waals surface area (Å²) in [7, 11) is 4.58. The molecule has 3 N–H and O–H groups in total. The van der Waals surface area contributed by atoms with Gasteiger partial charge in [-0.05, 0) is 107 Å². The van der Waals surface area contributed by atoms with Crippen LogP contribution in [0.1, 0.15) is 126 Å². The zero-order chi connectivity index (χ0) is 50.3. The van der Waals surface area contributed by atoms with E-state index in [4.69, 9.17) is 28.4 Å². The average molecular weight is 958 g/mol. The van der Waals surface area contributed by atoms with Gasteiger partial charge in [-0.15, -0.1) is 0 Å². The fraction of sp³-hybridized carbons (Fsp3) is 0.755. The van der Waals surface area contributed by atoms with E-state index in [9.17, 15) is 39.3 Å². The third-order valence-electron chi connectivity index (χ3n) is 14.9. The fourth-order valence-corrected chi connectivity index (χ4v) is 10.5. The van der Waals surface area contributed by atoms with Crippen LogP contribution in [0, 0.1) is 35.5 Å². The summed E-state index contributed by atoms with van der Waals surface area (Å²) in [5.74, 6) is -7.96. The van der Waals surface area contributed by atoms with Gasteiger partial charge in [-0.3, -0.25) is 19.2 Å². The summed E-state index contributed by atoms with van der Waals surface area (Å²) in [5.41, 5.74) is 1.26. The largest absolute Gasteiger partial charge is 0.460 e. The number of methoxy groups -OCH3 is 3. The predicted octanol–water partition coefficient (Wildman–Crippen LogP) is 6.20. The SMILES string of the molecule is CO[C@H]1C[C@@H]2CC[C@@H](C)[C@@](O)(O2)C(=O)C(=O)N2CCCC[C@H]2C(=O)O[C@H]([C@H](C)C[C@@H]2CC[C@@H](OCCO)[C@H](OC)C2)CC(=O)[C@H](C)/C=C(/C)[C@@H](O)[C@@H](OC)C(=O)[C@H](C)C[C@H](C)/C=C/C=C/C=C\1C. The van der Waals surface area contributed by atoms with E-state index < -0.39 is 77.8 Å². The van der Waals surface area contributed by atoms with Crippen molar-refractivity contribution in [1.82, 2.24) is 4.90 Å². The smallest absolute Gasteiger partial charge is 0.329 e.